The molecule has 0 radical (unpaired) electrons. The predicted molar refractivity (Wildman–Crippen MR) is 118 cm³/mol. The van der Waals surface area contributed by atoms with E-state index in [1.54, 1.807) is 0 Å². The molecule has 6 heteroatoms. The van der Waals surface area contributed by atoms with E-state index in [0.29, 0.717) is 41.3 Å². The van der Waals surface area contributed by atoms with Gasteiger partial charge in [0.1, 0.15) is 17.9 Å². The molecule has 2 aromatic rings. The summed E-state index contributed by atoms with van der Waals surface area (Å²) in [6, 6.07) is 9.56. The number of carbonyl (C=O) groups is 1. The van der Waals surface area contributed by atoms with Crippen molar-refractivity contribution in [2.24, 2.45) is 29.1 Å². The summed E-state index contributed by atoms with van der Waals surface area (Å²) >= 11 is 0. The van der Waals surface area contributed by atoms with Gasteiger partial charge in [0.25, 0.3) is 5.88 Å². The van der Waals surface area contributed by atoms with Gasteiger partial charge >= 0.3 is 0 Å². The zero-order valence-corrected chi connectivity index (χ0v) is 18.6. The van der Waals surface area contributed by atoms with Crippen molar-refractivity contribution in [1.82, 2.24) is 10.1 Å². The van der Waals surface area contributed by atoms with Gasteiger partial charge in [0.15, 0.2) is 5.76 Å². The third-order valence-electron chi connectivity index (χ3n) is 8.15. The summed E-state index contributed by atoms with van der Waals surface area (Å²) in [5, 5.41) is 15.7. The van der Waals surface area contributed by atoms with E-state index in [0.717, 1.165) is 18.4 Å². The van der Waals surface area contributed by atoms with Crippen molar-refractivity contribution in [3.63, 3.8) is 0 Å². The topological polar surface area (TPSA) is 75.8 Å². The zero-order chi connectivity index (χ0) is 22.2. The normalized spacial score (nSPS) is 34.6. The van der Waals surface area contributed by atoms with E-state index in [9.17, 15) is 9.90 Å². The number of benzene rings is 1. The number of rotatable bonds is 4. The molecule has 4 aliphatic rings. The largest absolute Gasteiger partial charge is 0.512 e. The molecule has 1 aromatic carbocycles. The quantitative estimate of drug-likeness (QED) is 0.705. The van der Waals surface area contributed by atoms with E-state index in [4.69, 9.17) is 9.26 Å². The molecule has 6 nitrogen and oxygen atoms in total. The molecule has 6 atom stereocenters. The highest BCUT2D eigenvalue weighted by Crippen LogP contribution is 2.65. The number of ketones is 1. The first kappa shape index (κ1) is 19.8. The number of aliphatic hydroxyl groups excluding tert-OH is 1. The number of hydrogen-bond donors (Lipinski definition) is 1. The van der Waals surface area contributed by atoms with Gasteiger partial charge in [-0.2, -0.15) is 0 Å². The zero-order valence-electron chi connectivity index (χ0n) is 18.6. The van der Waals surface area contributed by atoms with Crippen LogP contribution in [0.25, 0.3) is 0 Å². The van der Waals surface area contributed by atoms with Crippen LogP contribution in [0.3, 0.4) is 0 Å². The van der Waals surface area contributed by atoms with Crippen molar-refractivity contribution < 1.29 is 19.2 Å². The van der Waals surface area contributed by atoms with Crippen LogP contribution in [0.5, 0.6) is 5.88 Å². The average Bonchev–Trinajstić information content (AvgIpc) is 3.47. The molecule has 6 rings (SSSR count). The second kappa shape index (κ2) is 6.82. The van der Waals surface area contributed by atoms with Crippen LogP contribution in [0.15, 0.2) is 58.3 Å². The number of ether oxygens (including phenoxy) is 1. The minimum Gasteiger partial charge on any atom is -0.512 e. The summed E-state index contributed by atoms with van der Waals surface area (Å²) in [6.07, 6.45) is 6.44. The predicted octanol–water partition coefficient (Wildman–Crippen LogP) is 4.71. The minimum absolute atomic E-state index is 0.0370. The Morgan fingerprint density at radius 3 is 2.72 bits per heavy atom. The van der Waals surface area contributed by atoms with E-state index >= 15 is 0 Å². The van der Waals surface area contributed by atoms with Crippen LogP contribution in [-0.2, 0) is 6.61 Å². The van der Waals surface area contributed by atoms with E-state index in [1.807, 2.05) is 44.4 Å². The molecule has 1 saturated carbocycles. The summed E-state index contributed by atoms with van der Waals surface area (Å²) in [5.74, 6) is 2.01. The molecule has 1 heterocycles. The van der Waals surface area contributed by atoms with Gasteiger partial charge in [0.2, 0.25) is 5.78 Å². The average molecular weight is 433 g/mol. The fourth-order valence-corrected chi connectivity index (χ4v) is 7.01. The molecule has 1 aromatic heterocycles. The standard InChI is InChI=1S/C26H28N2O4/c1-26-12-17-15-9-10-16(11-15)18(17)21(29)20(26)22(30)19-23(24(26)28(2)3)32-27-25(19)31-13-14-7-5-4-6-8-14/h4-10,15-18,24,29H,11-13H2,1-3H3/t15-,16+,17-,18+,24-,26+/m0/s1. The van der Waals surface area contributed by atoms with Crippen LogP contribution in [0, 0.1) is 29.1 Å². The Kier molecular flexibility index (Phi) is 4.22. The van der Waals surface area contributed by atoms with Crippen LogP contribution >= 0.6 is 0 Å². The second-order valence-electron chi connectivity index (χ2n) is 10.2. The van der Waals surface area contributed by atoms with Crippen LogP contribution in [0.2, 0.25) is 0 Å². The molecule has 1 fully saturated rings. The lowest BCUT2D eigenvalue weighted by Gasteiger charge is -2.50. The molecule has 166 valence electrons. The summed E-state index contributed by atoms with van der Waals surface area (Å²) in [4.78, 5) is 16.0. The van der Waals surface area contributed by atoms with Crippen LogP contribution < -0.4 is 4.74 Å². The van der Waals surface area contributed by atoms with Gasteiger partial charge in [0.05, 0.1) is 6.04 Å². The second-order valence-corrected chi connectivity index (χ2v) is 10.2. The third kappa shape index (κ3) is 2.56. The van der Waals surface area contributed by atoms with Crippen molar-refractivity contribution >= 4 is 5.78 Å². The monoisotopic (exact) mass is 432 g/mol. The fraction of sp³-hybridized carbons (Fsp3) is 0.462. The molecule has 0 saturated heterocycles. The number of nitrogens with zero attached hydrogens (tertiary/aromatic N) is 2. The summed E-state index contributed by atoms with van der Waals surface area (Å²) in [6.45, 7) is 2.39. The van der Waals surface area contributed by atoms with Crippen molar-refractivity contribution in [2.45, 2.75) is 32.4 Å². The molecular formula is C26H28N2O4. The van der Waals surface area contributed by atoms with Crippen molar-refractivity contribution in [3.8, 4) is 5.88 Å². The van der Waals surface area contributed by atoms with Crippen LogP contribution in [0.4, 0.5) is 0 Å². The molecule has 0 unspecified atom stereocenters. The summed E-state index contributed by atoms with van der Waals surface area (Å²) < 4.78 is 11.7. The summed E-state index contributed by atoms with van der Waals surface area (Å²) in [7, 11) is 3.98. The Morgan fingerprint density at radius 2 is 1.97 bits per heavy atom. The first-order valence-electron chi connectivity index (χ1n) is 11.4. The first-order chi connectivity index (χ1) is 15.4. The Hall–Kier alpha value is -2.86. The molecule has 2 bridgehead atoms. The Labute approximate surface area is 187 Å². The van der Waals surface area contributed by atoms with Gasteiger partial charge in [-0.25, -0.2) is 0 Å². The van der Waals surface area contributed by atoms with Gasteiger partial charge < -0.3 is 14.4 Å². The van der Waals surface area contributed by atoms with Gasteiger partial charge in [-0.05, 0) is 55.4 Å². The number of fused-ring (bicyclic) bond motifs is 7. The maximum atomic E-state index is 13.9. The SMILES string of the molecule is CN(C)[C@H]1c2onc(OCc3ccccc3)c2C(=O)C2=C(O)[C@H]3[C@@H](C[C@]21C)[C@H]1C=C[C@@H]3C1. The third-order valence-corrected chi connectivity index (χ3v) is 8.15. The number of hydrogen-bond acceptors (Lipinski definition) is 6. The molecule has 0 spiro atoms. The molecule has 4 aliphatic carbocycles. The Balaban J connectivity index is 1.45. The van der Waals surface area contributed by atoms with Gasteiger partial charge in [0, 0.05) is 16.9 Å². The van der Waals surface area contributed by atoms with Crippen LogP contribution in [-0.4, -0.2) is 35.0 Å². The highest BCUT2D eigenvalue weighted by molar-refractivity contribution is 6.13. The lowest BCUT2D eigenvalue weighted by atomic mass is 9.56. The highest BCUT2D eigenvalue weighted by atomic mass is 16.5. The molecule has 0 amide bonds. The fourth-order valence-electron chi connectivity index (χ4n) is 7.01. The van der Waals surface area contributed by atoms with E-state index in [2.05, 4.69) is 29.1 Å². The lowest BCUT2D eigenvalue weighted by molar-refractivity contribution is 0.0422. The molecular weight excluding hydrogens is 404 g/mol. The van der Waals surface area contributed by atoms with E-state index < -0.39 is 5.41 Å². The van der Waals surface area contributed by atoms with Crippen LogP contribution in [0.1, 0.15) is 47.5 Å². The Bertz CT molecular complexity index is 1150. The Morgan fingerprint density at radius 1 is 1.22 bits per heavy atom. The number of aliphatic hydroxyl groups is 1. The highest BCUT2D eigenvalue weighted by Gasteiger charge is 2.61. The van der Waals surface area contributed by atoms with Gasteiger partial charge in [-0.3, -0.25) is 9.69 Å². The van der Waals surface area contributed by atoms with E-state index in [-0.39, 0.29) is 29.4 Å². The smallest absolute Gasteiger partial charge is 0.266 e. The van der Waals surface area contributed by atoms with Crippen molar-refractivity contribution in [2.75, 3.05) is 14.1 Å². The number of aromatic nitrogens is 1. The number of allylic oxidation sites excluding steroid dienone is 3. The maximum Gasteiger partial charge on any atom is 0.266 e. The van der Waals surface area contributed by atoms with Gasteiger partial charge in [-0.15, -0.1) is 0 Å². The maximum absolute atomic E-state index is 13.9. The lowest BCUT2D eigenvalue weighted by Crippen LogP contribution is -2.49. The first-order valence-corrected chi connectivity index (χ1v) is 11.4. The summed E-state index contributed by atoms with van der Waals surface area (Å²) in [5.41, 5.74) is 1.32. The number of carbonyl (C=O) groups excluding carboxylic acids is 1. The molecule has 1 N–H and O–H groups in total. The molecule has 0 aliphatic heterocycles. The van der Waals surface area contributed by atoms with E-state index in [1.165, 1.54) is 0 Å². The minimum atomic E-state index is -0.548. The van der Waals surface area contributed by atoms with Crippen molar-refractivity contribution in [3.05, 3.63) is 70.7 Å². The molecule has 32 heavy (non-hydrogen) atoms. The number of Topliss-reactive ketones (excluding diaryl/α,β-unsaturated/α-hetero) is 1. The van der Waals surface area contributed by atoms with Gasteiger partial charge in [-0.1, -0.05) is 49.4 Å². The van der Waals surface area contributed by atoms with Crippen molar-refractivity contribution in [1.29, 1.82) is 0 Å².